The van der Waals surface area contributed by atoms with E-state index in [0.29, 0.717) is 17.2 Å². The SMILES string of the molecule is CCOC(=O)c1sc(C(C)NC(=NC)NCCc2cccs2)nc1C. The lowest BCUT2D eigenvalue weighted by Gasteiger charge is -2.16. The molecule has 0 spiro atoms. The first-order valence-corrected chi connectivity index (χ1v) is 9.88. The minimum atomic E-state index is -0.311. The maximum atomic E-state index is 11.9. The van der Waals surface area contributed by atoms with Crippen LogP contribution in [0, 0.1) is 6.92 Å². The lowest BCUT2D eigenvalue weighted by molar-refractivity contribution is 0.0531. The third kappa shape index (κ3) is 5.54. The fourth-order valence-electron chi connectivity index (χ4n) is 2.21. The summed E-state index contributed by atoms with van der Waals surface area (Å²) in [7, 11) is 1.74. The summed E-state index contributed by atoms with van der Waals surface area (Å²) in [6.45, 7) is 6.79. The van der Waals surface area contributed by atoms with Gasteiger partial charge in [-0.3, -0.25) is 4.99 Å². The fourth-order valence-corrected chi connectivity index (χ4v) is 3.88. The molecule has 0 saturated heterocycles. The van der Waals surface area contributed by atoms with Crippen molar-refractivity contribution in [3.05, 3.63) is 38.0 Å². The molecule has 25 heavy (non-hydrogen) atoms. The van der Waals surface area contributed by atoms with Gasteiger partial charge < -0.3 is 15.4 Å². The molecule has 0 amide bonds. The van der Waals surface area contributed by atoms with Gasteiger partial charge in [-0.05, 0) is 38.6 Å². The quantitative estimate of drug-likeness (QED) is 0.438. The molecule has 1 unspecified atom stereocenters. The maximum Gasteiger partial charge on any atom is 0.350 e. The number of carbonyl (C=O) groups excluding carboxylic acids is 1. The van der Waals surface area contributed by atoms with E-state index >= 15 is 0 Å². The number of thiazole rings is 1. The number of aryl methyl sites for hydroxylation is 1. The van der Waals surface area contributed by atoms with E-state index < -0.39 is 0 Å². The predicted octanol–water partition coefficient (Wildman–Crippen LogP) is 3.16. The van der Waals surface area contributed by atoms with Gasteiger partial charge in [0.15, 0.2) is 5.96 Å². The Labute approximate surface area is 156 Å². The largest absolute Gasteiger partial charge is 0.462 e. The summed E-state index contributed by atoms with van der Waals surface area (Å²) in [4.78, 5) is 22.6. The van der Waals surface area contributed by atoms with E-state index in [2.05, 4.69) is 38.1 Å². The number of thiophene rings is 1. The highest BCUT2D eigenvalue weighted by Gasteiger charge is 2.20. The number of aliphatic imine (C=N–C) groups is 1. The molecule has 2 N–H and O–H groups in total. The molecular weight excluding hydrogens is 356 g/mol. The van der Waals surface area contributed by atoms with Gasteiger partial charge in [-0.15, -0.1) is 22.7 Å². The Morgan fingerprint density at radius 1 is 1.48 bits per heavy atom. The third-order valence-electron chi connectivity index (χ3n) is 3.47. The zero-order valence-electron chi connectivity index (χ0n) is 15.0. The van der Waals surface area contributed by atoms with Crippen LogP contribution in [0.2, 0.25) is 0 Å². The Kier molecular flexibility index (Phi) is 7.39. The minimum Gasteiger partial charge on any atom is -0.462 e. The van der Waals surface area contributed by atoms with Crippen LogP contribution in [0.1, 0.15) is 45.1 Å². The minimum absolute atomic E-state index is 0.0557. The van der Waals surface area contributed by atoms with Crippen LogP contribution in [0.5, 0.6) is 0 Å². The van der Waals surface area contributed by atoms with E-state index in [-0.39, 0.29) is 12.0 Å². The van der Waals surface area contributed by atoms with Crippen LogP contribution in [0.15, 0.2) is 22.5 Å². The molecule has 0 aliphatic carbocycles. The van der Waals surface area contributed by atoms with Crippen LogP contribution in [0.3, 0.4) is 0 Å². The van der Waals surface area contributed by atoms with E-state index in [9.17, 15) is 4.79 Å². The van der Waals surface area contributed by atoms with Crippen LogP contribution in [0.25, 0.3) is 0 Å². The van der Waals surface area contributed by atoms with Gasteiger partial charge in [0.1, 0.15) is 9.88 Å². The molecule has 1 atom stereocenters. The number of nitrogens with one attached hydrogen (secondary N) is 2. The second kappa shape index (κ2) is 9.53. The van der Waals surface area contributed by atoms with Crippen LogP contribution < -0.4 is 10.6 Å². The molecule has 0 aromatic carbocycles. The number of aromatic nitrogens is 1. The van der Waals surface area contributed by atoms with Crippen molar-refractivity contribution in [1.29, 1.82) is 0 Å². The molecule has 136 valence electrons. The number of rotatable bonds is 7. The summed E-state index contributed by atoms with van der Waals surface area (Å²) in [5.74, 6) is 0.406. The summed E-state index contributed by atoms with van der Waals surface area (Å²) < 4.78 is 5.07. The lowest BCUT2D eigenvalue weighted by Crippen LogP contribution is -2.39. The fraction of sp³-hybridized carbons (Fsp3) is 0.471. The number of nitrogens with zero attached hydrogens (tertiary/aromatic N) is 2. The monoisotopic (exact) mass is 380 g/mol. The van der Waals surface area contributed by atoms with Crippen molar-refractivity contribution in [1.82, 2.24) is 15.6 Å². The average Bonchev–Trinajstić information content (AvgIpc) is 3.23. The van der Waals surface area contributed by atoms with Gasteiger partial charge >= 0.3 is 5.97 Å². The standard InChI is InChI=1S/C17H24N4O2S2/c1-5-23-16(22)14-11(2)20-15(25-14)12(3)21-17(18-4)19-9-8-13-7-6-10-24-13/h6-7,10,12H,5,8-9H2,1-4H3,(H2,18,19,21). The van der Waals surface area contributed by atoms with Crippen LogP contribution in [-0.2, 0) is 11.2 Å². The summed E-state index contributed by atoms with van der Waals surface area (Å²) in [6, 6.07) is 4.13. The van der Waals surface area contributed by atoms with Crippen molar-refractivity contribution < 1.29 is 9.53 Å². The molecule has 0 aliphatic rings. The Hall–Kier alpha value is -1.93. The number of guanidine groups is 1. The number of ether oxygens (including phenoxy) is 1. The maximum absolute atomic E-state index is 11.9. The van der Waals surface area contributed by atoms with E-state index in [1.165, 1.54) is 16.2 Å². The van der Waals surface area contributed by atoms with Gasteiger partial charge in [0, 0.05) is 18.5 Å². The van der Waals surface area contributed by atoms with Crippen molar-refractivity contribution >= 4 is 34.6 Å². The highest BCUT2D eigenvalue weighted by molar-refractivity contribution is 7.13. The second-order valence-electron chi connectivity index (χ2n) is 5.38. The molecule has 0 radical (unpaired) electrons. The van der Waals surface area contributed by atoms with Gasteiger partial charge in [-0.2, -0.15) is 0 Å². The van der Waals surface area contributed by atoms with E-state index in [1.54, 1.807) is 25.3 Å². The highest BCUT2D eigenvalue weighted by atomic mass is 32.1. The van der Waals surface area contributed by atoms with Crippen molar-refractivity contribution in [2.45, 2.75) is 33.2 Å². The molecule has 2 aromatic heterocycles. The topological polar surface area (TPSA) is 75.6 Å². The Morgan fingerprint density at radius 3 is 2.92 bits per heavy atom. The number of esters is 1. The van der Waals surface area contributed by atoms with Crippen molar-refractivity contribution in [2.75, 3.05) is 20.2 Å². The van der Waals surface area contributed by atoms with Gasteiger partial charge in [0.2, 0.25) is 0 Å². The Morgan fingerprint density at radius 2 is 2.28 bits per heavy atom. The molecule has 0 fully saturated rings. The number of hydrogen-bond donors (Lipinski definition) is 2. The smallest absolute Gasteiger partial charge is 0.350 e. The van der Waals surface area contributed by atoms with Crippen molar-refractivity contribution in [3.63, 3.8) is 0 Å². The first kappa shape index (κ1) is 19.4. The molecular formula is C17H24N4O2S2. The molecule has 2 aromatic rings. The van der Waals surface area contributed by atoms with Crippen molar-refractivity contribution in [3.8, 4) is 0 Å². The summed E-state index contributed by atoms with van der Waals surface area (Å²) in [5, 5.41) is 9.53. The first-order valence-electron chi connectivity index (χ1n) is 8.19. The van der Waals surface area contributed by atoms with E-state index in [4.69, 9.17) is 4.74 Å². The molecule has 0 bridgehead atoms. The zero-order chi connectivity index (χ0) is 18.2. The lowest BCUT2D eigenvalue weighted by atomic mass is 10.3. The highest BCUT2D eigenvalue weighted by Crippen LogP contribution is 2.24. The Balaban J connectivity index is 1.91. The van der Waals surface area contributed by atoms with Gasteiger partial charge in [0.25, 0.3) is 0 Å². The van der Waals surface area contributed by atoms with Gasteiger partial charge in [-0.25, -0.2) is 9.78 Å². The molecule has 6 nitrogen and oxygen atoms in total. The second-order valence-corrected chi connectivity index (χ2v) is 7.44. The van der Waals surface area contributed by atoms with Crippen LogP contribution in [-0.4, -0.2) is 37.1 Å². The van der Waals surface area contributed by atoms with Crippen molar-refractivity contribution in [2.24, 2.45) is 4.99 Å². The normalized spacial score (nSPS) is 12.7. The molecule has 8 heteroatoms. The first-order chi connectivity index (χ1) is 12.0. The predicted molar refractivity (Wildman–Crippen MR) is 104 cm³/mol. The van der Waals surface area contributed by atoms with E-state index in [1.807, 2.05) is 13.8 Å². The molecule has 0 saturated carbocycles. The summed E-state index contributed by atoms with van der Waals surface area (Å²) in [5.41, 5.74) is 0.702. The molecule has 2 heterocycles. The summed E-state index contributed by atoms with van der Waals surface area (Å²) in [6.07, 6.45) is 0.954. The number of hydrogen-bond acceptors (Lipinski definition) is 6. The van der Waals surface area contributed by atoms with Crippen LogP contribution in [0.4, 0.5) is 0 Å². The van der Waals surface area contributed by atoms with Gasteiger partial charge in [-0.1, -0.05) is 6.07 Å². The zero-order valence-corrected chi connectivity index (χ0v) is 16.6. The average molecular weight is 381 g/mol. The summed E-state index contributed by atoms with van der Waals surface area (Å²) >= 11 is 3.11. The number of carbonyl (C=O) groups is 1. The van der Waals surface area contributed by atoms with Gasteiger partial charge in [0.05, 0.1) is 18.3 Å². The molecule has 0 aliphatic heterocycles. The molecule has 2 rings (SSSR count). The Bertz CT molecular complexity index is 710. The van der Waals surface area contributed by atoms with E-state index in [0.717, 1.165) is 23.9 Å². The third-order valence-corrected chi connectivity index (χ3v) is 5.72. The van der Waals surface area contributed by atoms with Crippen LogP contribution >= 0.6 is 22.7 Å².